The highest BCUT2D eigenvalue weighted by atomic mass is 32.2. The van der Waals surface area contributed by atoms with E-state index < -0.39 is 10.0 Å². The van der Waals surface area contributed by atoms with Crippen LogP contribution in [0.5, 0.6) is 0 Å². The SMILES string of the molecule is C=C(C)CN(C)S(=O)(=O)c1cc(C)c(CNCCC)s1. The zero-order valence-corrected chi connectivity index (χ0v) is 14.3. The zero-order chi connectivity index (χ0) is 15.3. The molecule has 0 saturated carbocycles. The van der Waals surface area contributed by atoms with Crippen molar-refractivity contribution in [1.82, 2.24) is 9.62 Å². The van der Waals surface area contributed by atoms with Gasteiger partial charge in [-0.3, -0.25) is 0 Å². The third kappa shape index (κ3) is 4.41. The number of nitrogens with one attached hydrogen (secondary N) is 1. The number of rotatable bonds is 8. The van der Waals surface area contributed by atoms with Crippen molar-refractivity contribution in [3.63, 3.8) is 0 Å². The van der Waals surface area contributed by atoms with Crippen LogP contribution in [0.2, 0.25) is 0 Å². The summed E-state index contributed by atoms with van der Waals surface area (Å²) in [4.78, 5) is 1.08. The van der Waals surface area contributed by atoms with Gasteiger partial charge in [0.1, 0.15) is 4.21 Å². The fourth-order valence-corrected chi connectivity index (χ4v) is 4.79. The van der Waals surface area contributed by atoms with Crippen molar-refractivity contribution in [3.05, 3.63) is 28.7 Å². The lowest BCUT2D eigenvalue weighted by Crippen LogP contribution is -2.27. The highest BCUT2D eigenvalue weighted by molar-refractivity contribution is 7.91. The molecule has 0 amide bonds. The van der Waals surface area contributed by atoms with Gasteiger partial charge in [0.2, 0.25) is 0 Å². The molecule has 1 N–H and O–H groups in total. The van der Waals surface area contributed by atoms with Crippen LogP contribution in [0, 0.1) is 6.92 Å². The fourth-order valence-electron chi connectivity index (χ4n) is 1.79. The van der Waals surface area contributed by atoms with Gasteiger partial charge in [-0.15, -0.1) is 11.3 Å². The maximum Gasteiger partial charge on any atom is 0.252 e. The number of aryl methyl sites for hydroxylation is 1. The van der Waals surface area contributed by atoms with E-state index in [0.29, 0.717) is 10.8 Å². The largest absolute Gasteiger partial charge is 0.312 e. The predicted octanol–water partition coefficient (Wildman–Crippen LogP) is 2.75. The van der Waals surface area contributed by atoms with Crippen molar-refractivity contribution in [3.8, 4) is 0 Å². The maximum atomic E-state index is 12.4. The number of thiophene rings is 1. The zero-order valence-electron chi connectivity index (χ0n) is 12.7. The Hall–Kier alpha value is -0.690. The Morgan fingerprint density at radius 1 is 1.50 bits per heavy atom. The summed E-state index contributed by atoms with van der Waals surface area (Å²) in [6.45, 7) is 11.7. The first kappa shape index (κ1) is 17.4. The molecule has 0 bridgehead atoms. The summed E-state index contributed by atoms with van der Waals surface area (Å²) < 4.78 is 26.6. The smallest absolute Gasteiger partial charge is 0.252 e. The highest BCUT2D eigenvalue weighted by Gasteiger charge is 2.23. The molecule has 0 radical (unpaired) electrons. The van der Waals surface area contributed by atoms with Gasteiger partial charge in [0.05, 0.1) is 0 Å². The van der Waals surface area contributed by atoms with E-state index in [0.717, 1.165) is 35.5 Å². The van der Waals surface area contributed by atoms with Gasteiger partial charge in [0.25, 0.3) is 10.0 Å². The van der Waals surface area contributed by atoms with Crippen LogP contribution in [0.25, 0.3) is 0 Å². The molecule has 114 valence electrons. The van der Waals surface area contributed by atoms with E-state index in [1.54, 1.807) is 13.1 Å². The number of sulfonamides is 1. The van der Waals surface area contributed by atoms with Crippen molar-refractivity contribution >= 4 is 21.4 Å². The molecule has 1 aromatic rings. The molecule has 0 atom stereocenters. The van der Waals surface area contributed by atoms with E-state index in [4.69, 9.17) is 0 Å². The summed E-state index contributed by atoms with van der Waals surface area (Å²) in [7, 11) is -1.81. The lowest BCUT2D eigenvalue weighted by molar-refractivity contribution is 0.495. The van der Waals surface area contributed by atoms with Crippen LogP contribution in [-0.4, -0.2) is 32.9 Å². The summed E-state index contributed by atoms with van der Waals surface area (Å²) >= 11 is 1.35. The Labute approximate surface area is 126 Å². The quantitative estimate of drug-likeness (QED) is 0.592. The van der Waals surface area contributed by atoms with Crippen molar-refractivity contribution in [2.24, 2.45) is 0 Å². The second-order valence-corrected chi connectivity index (χ2v) is 8.48. The fraction of sp³-hybridized carbons (Fsp3) is 0.571. The van der Waals surface area contributed by atoms with Gasteiger partial charge < -0.3 is 5.32 Å². The molecule has 0 saturated heterocycles. The average Bonchev–Trinajstić information content (AvgIpc) is 2.71. The molecule has 0 aliphatic rings. The van der Waals surface area contributed by atoms with Gasteiger partial charge in [-0.1, -0.05) is 19.1 Å². The van der Waals surface area contributed by atoms with Crippen molar-refractivity contribution in [1.29, 1.82) is 0 Å². The van der Waals surface area contributed by atoms with Crippen LogP contribution in [-0.2, 0) is 16.6 Å². The third-order valence-electron chi connectivity index (χ3n) is 2.87. The van der Waals surface area contributed by atoms with E-state index in [-0.39, 0.29) is 0 Å². The minimum atomic E-state index is -3.40. The Balaban J connectivity index is 2.91. The third-order valence-corrected chi connectivity index (χ3v) is 6.36. The number of likely N-dealkylation sites (N-methyl/N-ethyl adjacent to an activating group) is 1. The molecule has 0 unspecified atom stereocenters. The number of hydrogen-bond acceptors (Lipinski definition) is 4. The van der Waals surface area contributed by atoms with Crippen LogP contribution in [0.15, 0.2) is 22.4 Å². The molecule has 4 nitrogen and oxygen atoms in total. The molecule has 0 aliphatic carbocycles. The molecular weight excluding hydrogens is 292 g/mol. The molecule has 6 heteroatoms. The van der Waals surface area contributed by atoms with E-state index in [9.17, 15) is 8.42 Å². The topological polar surface area (TPSA) is 49.4 Å². The van der Waals surface area contributed by atoms with Gasteiger partial charge in [-0.25, -0.2) is 8.42 Å². The van der Waals surface area contributed by atoms with Crippen LogP contribution in [0.1, 0.15) is 30.7 Å². The summed E-state index contributed by atoms with van der Waals surface area (Å²) in [5.41, 5.74) is 1.86. The second-order valence-electron chi connectivity index (χ2n) is 5.07. The monoisotopic (exact) mass is 316 g/mol. The van der Waals surface area contributed by atoms with Crippen LogP contribution < -0.4 is 5.32 Å². The van der Waals surface area contributed by atoms with Crippen LogP contribution >= 0.6 is 11.3 Å². The first-order valence-corrected chi connectivity index (χ1v) is 8.95. The van der Waals surface area contributed by atoms with Gasteiger partial charge in [-0.2, -0.15) is 4.31 Å². The standard InChI is InChI=1S/C14H24N2O2S2/c1-6-7-15-9-13-12(4)8-14(19-13)20(17,18)16(5)10-11(2)3/h8,15H,2,6-7,9-10H2,1,3-5H3. The van der Waals surface area contributed by atoms with E-state index in [2.05, 4.69) is 18.8 Å². The molecule has 0 aliphatic heterocycles. The highest BCUT2D eigenvalue weighted by Crippen LogP contribution is 2.28. The Morgan fingerprint density at radius 3 is 2.70 bits per heavy atom. The average molecular weight is 316 g/mol. The maximum absolute atomic E-state index is 12.4. The van der Waals surface area contributed by atoms with Crippen molar-refractivity contribution in [2.45, 2.75) is 37.9 Å². The Kier molecular flexibility index (Phi) is 6.39. The van der Waals surface area contributed by atoms with Gasteiger partial charge >= 0.3 is 0 Å². The number of nitrogens with zero attached hydrogens (tertiary/aromatic N) is 1. The molecule has 0 spiro atoms. The Bertz CT molecular complexity index is 562. The lowest BCUT2D eigenvalue weighted by atomic mass is 10.3. The second kappa shape index (κ2) is 7.36. The molecule has 0 aromatic carbocycles. The summed E-state index contributed by atoms with van der Waals surface area (Å²) in [5, 5.41) is 3.31. The van der Waals surface area contributed by atoms with E-state index >= 15 is 0 Å². The van der Waals surface area contributed by atoms with E-state index in [1.165, 1.54) is 15.6 Å². The molecule has 1 heterocycles. The first-order valence-electron chi connectivity index (χ1n) is 6.69. The van der Waals surface area contributed by atoms with Crippen molar-refractivity contribution in [2.75, 3.05) is 20.1 Å². The minimum absolute atomic E-state index is 0.350. The minimum Gasteiger partial charge on any atom is -0.312 e. The summed E-state index contributed by atoms with van der Waals surface area (Å²) in [6.07, 6.45) is 1.07. The predicted molar refractivity (Wildman–Crippen MR) is 85.7 cm³/mol. The number of hydrogen-bond donors (Lipinski definition) is 1. The van der Waals surface area contributed by atoms with Gasteiger partial charge in [-0.05, 0) is 38.4 Å². The molecule has 1 rings (SSSR count). The molecule has 20 heavy (non-hydrogen) atoms. The normalized spacial score (nSPS) is 12.1. The molecular formula is C14H24N2O2S2. The summed E-state index contributed by atoms with van der Waals surface area (Å²) in [5.74, 6) is 0. The lowest BCUT2D eigenvalue weighted by Gasteiger charge is -2.15. The van der Waals surface area contributed by atoms with Crippen molar-refractivity contribution < 1.29 is 8.42 Å². The Morgan fingerprint density at radius 2 is 2.15 bits per heavy atom. The van der Waals surface area contributed by atoms with Crippen LogP contribution in [0.3, 0.4) is 0 Å². The summed E-state index contributed by atoms with van der Waals surface area (Å²) in [6, 6.07) is 1.76. The molecule has 0 fully saturated rings. The van der Waals surface area contributed by atoms with Crippen LogP contribution in [0.4, 0.5) is 0 Å². The van der Waals surface area contributed by atoms with Gasteiger partial charge in [0, 0.05) is 25.0 Å². The molecule has 1 aromatic heterocycles. The first-order chi connectivity index (χ1) is 9.28. The van der Waals surface area contributed by atoms with E-state index in [1.807, 2.05) is 13.8 Å². The van der Waals surface area contributed by atoms with Gasteiger partial charge in [0.15, 0.2) is 0 Å².